The second kappa shape index (κ2) is 4.36. The van der Waals surface area contributed by atoms with Gasteiger partial charge in [0.2, 0.25) is 0 Å². The van der Waals surface area contributed by atoms with Crippen LogP contribution in [0.2, 0.25) is 0 Å². The van der Waals surface area contributed by atoms with Crippen molar-refractivity contribution in [1.82, 2.24) is 0 Å². The Bertz CT molecular complexity index is 398. The molecule has 1 heterocycles. The number of benzene rings is 1. The van der Waals surface area contributed by atoms with E-state index in [2.05, 4.69) is 43.4 Å². The molecule has 17 heavy (non-hydrogen) atoms. The average molecular weight is 229 g/mol. The third-order valence-corrected chi connectivity index (χ3v) is 4.96. The van der Waals surface area contributed by atoms with Crippen LogP contribution in [0.3, 0.4) is 0 Å². The van der Waals surface area contributed by atoms with E-state index in [1.807, 2.05) is 0 Å². The first-order valence-corrected chi connectivity index (χ1v) is 7.11. The summed E-state index contributed by atoms with van der Waals surface area (Å²) in [4.78, 5) is 0. The van der Waals surface area contributed by atoms with Crippen molar-refractivity contribution >= 4 is 5.69 Å². The number of fused-ring (bicyclic) bond motifs is 3. The lowest BCUT2D eigenvalue weighted by molar-refractivity contribution is 0.278. The molecule has 92 valence electrons. The Morgan fingerprint density at radius 1 is 1.06 bits per heavy atom. The Hall–Kier alpha value is -0.980. The Labute approximate surface area is 105 Å². The Morgan fingerprint density at radius 2 is 1.88 bits per heavy atom. The Kier molecular flexibility index (Phi) is 2.85. The molecule has 1 nitrogen and oxygen atoms in total. The van der Waals surface area contributed by atoms with Crippen LogP contribution in [0.5, 0.6) is 0 Å². The fourth-order valence-corrected chi connectivity index (χ4v) is 3.63. The lowest BCUT2D eigenvalue weighted by Crippen LogP contribution is -2.27. The van der Waals surface area contributed by atoms with Gasteiger partial charge in [0.1, 0.15) is 0 Å². The number of hydrogen-bond donors (Lipinski definition) is 1. The number of hydrogen-bond acceptors (Lipinski definition) is 1. The summed E-state index contributed by atoms with van der Waals surface area (Å²) in [6.45, 7) is 4.85. The second-order valence-corrected chi connectivity index (χ2v) is 6.07. The fourth-order valence-electron chi connectivity index (χ4n) is 3.63. The fraction of sp³-hybridized carbons (Fsp3) is 0.625. The smallest absolute Gasteiger partial charge is 0.0378 e. The van der Waals surface area contributed by atoms with Crippen LogP contribution in [0.15, 0.2) is 24.3 Å². The molecule has 0 spiro atoms. The molecule has 3 rings (SSSR count). The summed E-state index contributed by atoms with van der Waals surface area (Å²) < 4.78 is 0. The van der Waals surface area contributed by atoms with Gasteiger partial charge in [0, 0.05) is 17.6 Å². The van der Waals surface area contributed by atoms with Gasteiger partial charge in [0.15, 0.2) is 0 Å². The molecule has 1 aliphatic heterocycles. The summed E-state index contributed by atoms with van der Waals surface area (Å²) in [6.07, 6.45) is 5.50. The number of anilines is 1. The quantitative estimate of drug-likeness (QED) is 0.695. The summed E-state index contributed by atoms with van der Waals surface area (Å²) in [5.41, 5.74) is 2.96. The summed E-state index contributed by atoms with van der Waals surface area (Å²) >= 11 is 0. The maximum atomic E-state index is 3.76. The van der Waals surface area contributed by atoms with E-state index in [0.717, 1.165) is 17.8 Å². The van der Waals surface area contributed by atoms with Crippen LogP contribution in [0.25, 0.3) is 0 Å². The number of rotatable bonds is 0. The molecule has 0 aromatic heterocycles. The normalized spacial score (nSPS) is 36.4. The lowest BCUT2D eigenvalue weighted by Gasteiger charge is -2.30. The van der Waals surface area contributed by atoms with E-state index in [4.69, 9.17) is 0 Å². The highest BCUT2D eigenvalue weighted by Crippen LogP contribution is 2.43. The van der Waals surface area contributed by atoms with Crippen LogP contribution in [-0.2, 0) is 0 Å². The highest BCUT2D eigenvalue weighted by atomic mass is 15.0. The zero-order valence-corrected chi connectivity index (χ0v) is 10.9. The maximum Gasteiger partial charge on any atom is 0.0378 e. The topological polar surface area (TPSA) is 12.0 Å². The molecule has 1 N–H and O–H groups in total. The second-order valence-electron chi connectivity index (χ2n) is 6.07. The molecule has 1 unspecified atom stereocenters. The van der Waals surface area contributed by atoms with Crippen molar-refractivity contribution in [2.75, 3.05) is 5.32 Å². The van der Waals surface area contributed by atoms with Gasteiger partial charge in [0.05, 0.1) is 0 Å². The summed E-state index contributed by atoms with van der Waals surface area (Å²) in [5.74, 6) is 2.51. The lowest BCUT2D eigenvalue weighted by atomic mass is 9.77. The van der Waals surface area contributed by atoms with E-state index < -0.39 is 0 Å². The van der Waals surface area contributed by atoms with Gasteiger partial charge < -0.3 is 5.32 Å². The minimum absolute atomic E-state index is 0.685. The zero-order valence-electron chi connectivity index (χ0n) is 10.9. The molecule has 0 amide bonds. The average Bonchev–Trinajstić information content (AvgIpc) is 2.65. The predicted molar refractivity (Wildman–Crippen MR) is 73.4 cm³/mol. The molecule has 1 aromatic rings. The number of nitrogens with one attached hydrogen (secondary N) is 1. The largest absolute Gasteiger partial charge is 0.381 e. The van der Waals surface area contributed by atoms with Crippen molar-refractivity contribution in [2.24, 2.45) is 11.8 Å². The van der Waals surface area contributed by atoms with E-state index in [9.17, 15) is 0 Å². The molecule has 1 fully saturated rings. The monoisotopic (exact) mass is 229 g/mol. The molecule has 1 heteroatoms. The van der Waals surface area contributed by atoms with Gasteiger partial charge in [-0.2, -0.15) is 0 Å². The van der Waals surface area contributed by atoms with Gasteiger partial charge in [0.25, 0.3) is 0 Å². The first-order valence-electron chi connectivity index (χ1n) is 7.11. The van der Waals surface area contributed by atoms with Gasteiger partial charge in [-0.15, -0.1) is 0 Å². The minimum Gasteiger partial charge on any atom is -0.381 e. The van der Waals surface area contributed by atoms with Crippen molar-refractivity contribution in [3.05, 3.63) is 29.8 Å². The van der Waals surface area contributed by atoms with E-state index in [1.165, 1.54) is 31.4 Å². The highest BCUT2D eigenvalue weighted by molar-refractivity contribution is 5.59. The first kappa shape index (κ1) is 11.1. The van der Waals surface area contributed by atoms with Crippen molar-refractivity contribution in [2.45, 2.75) is 51.5 Å². The number of para-hydroxylation sites is 1. The van der Waals surface area contributed by atoms with Gasteiger partial charge in [-0.05, 0) is 36.3 Å². The molecular formula is C16H23N. The highest BCUT2D eigenvalue weighted by Gasteiger charge is 2.34. The minimum atomic E-state index is 0.685. The Morgan fingerprint density at radius 3 is 2.76 bits per heavy atom. The molecule has 4 atom stereocenters. The van der Waals surface area contributed by atoms with Crippen LogP contribution >= 0.6 is 0 Å². The van der Waals surface area contributed by atoms with Crippen LogP contribution in [0.4, 0.5) is 5.69 Å². The Balaban J connectivity index is 1.86. The van der Waals surface area contributed by atoms with Crippen LogP contribution in [-0.4, -0.2) is 6.04 Å². The molecule has 1 saturated carbocycles. The molecule has 0 bridgehead atoms. The van der Waals surface area contributed by atoms with Gasteiger partial charge in [-0.25, -0.2) is 0 Å². The van der Waals surface area contributed by atoms with Crippen LogP contribution in [0.1, 0.15) is 51.0 Å². The SMILES string of the molecule is C[C@@H]1CCC[C@@H]2c3ccccc3NC2C[C@@H]1C. The predicted octanol–water partition coefficient (Wildman–Crippen LogP) is 4.41. The van der Waals surface area contributed by atoms with Crippen molar-refractivity contribution in [1.29, 1.82) is 0 Å². The van der Waals surface area contributed by atoms with E-state index >= 15 is 0 Å². The maximum absolute atomic E-state index is 3.76. The summed E-state index contributed by atoms with van der Waals surface area (Å²) in [5, 5.41) is 3.76. The van der Waals surface area contributed by atoms with Gasteiger partial charge in [-0.3, -0.25) is 0 Å². The summed E-state index contributed by atoms with van der Waals surface area (Å²) in [7, 11) is 0. The van der Waals surface area contributed by atoms with E-state index in [1.54, 1.807) is 5.56 Å². The standard InChI is InChI=1S/C16H23N/c1-11-6-5-8-14-13-7-3-4-9-15(13)17-16(14)10-12(11)2/h3-4,7,9,11-12,14,16-17H,5-6,8,10H2,1-2H3/t11-,12+,14-,16?/m1/s1. The van der Waals surface area contributed by atoms with Crippen LogP contribution in [0, 0.1) is 11.8 Å². The van der Waals surface area contributed by atoms with Gasteiger partial charge in [-0.1, -0.05) is 44.9 Å². The van der Waals surface area contributed by atoms with Gasteiger partial charge >= 0.3 is 0 Å². The first-order chi connectivity index (χ1) is 8.25. The molecule has 1 aromatic carbocycles. The molecule has 0 saturated heterocycles. The summed E-state index contributed by atoms with van der Waals surface area (Å²) in [6, 6.07) is 9.59. The molecule has 0 radical (unpaired) electrons. The van der Waals surface area contributed by atoms with E-state index in [0.29, 0.717) is 6.04 Å². The van der Waals surface area contributed by atoms with Crippen molar-refractivity contribution in [3.63, 3.8) is 0 Å². The van der Waals surface area contributed by atoms with Crippen molar-refractivity contribution < 1.29 is 0 Å². The molecule has 1 aliphatic carbocycles. The zero-order chi connectivity index (χ0) is 11.8. The van der Waals surface area contributed by atoms with E-state index in [-0.39, 0.29) is 0 Å². The van der Waals surface area contributed by atoms with Crippen molar-refractivity contribution in [3.8, 4) is 0 Å². The third-order valence-electron chi connectivity index (χ3n) is 4.96. The third kappa shape index (κ3) is 1.96. The molecule has 2 aliphatic rings. The van der Waals surface area contributed by atoms with Crippen LogP contribution < -0.4 is 5.32 Å². The molecular weight excluding hydrogens is 206 g/mol.